The minimum Gasteiger partial charge on any atom is -0.444 e. The number of halogens is 1. The van der Waals surface area contributed by atoms with Gasteiger partial charge in [0.05, 0.1) is 0 Å². The van der Waals surface area contributed by atoms with Crippen LogP contribution >= 0.6 is 37.7 Å². The number of hydrogen-bond donors (Lipinski definition) is 4. The predicted molar refractivity (Wildman–Crippen MR) is 78.2 cm³/mol. The molecule has 0 aliphatic heterocycles. The Morgan fingerprint density at radius 3 is 2.00 bits per heavy atom. The van der Waals surface area contributed by atoms with Crippen molar-refractivity contribution in [2.75, 3.05) is 24.6 Å². The van der Waals surface area contributed by atoms with E-state index in [2.05, 4.69) is 30.6 Å². The summed E-state index contributed by atoms with van der Waals surface area (Å²) in [5, 5.41) is 2.55. The number of carbonyl (C=O) groups is 1. The second-order valence-corrected chi connectivity index (χ2v) is 4.56. The fourth-order valence-electron chi connectivity index (χ4n) is 0.472. The Hall–Kier alpha value is 0.220. The Labute approximate surface area is 115 Å². The van der Waals surface area contributed by atoms with E-state index < -0.39 is 5.60 Å². The minimum atomic E-state index is -0.416. The molecule has 0 aromatic carbocycles. The normalized spacial score (nSPS) is 9.38. The van der Waals surface area contributed by atoms with Crippen molar-refractivity contribution in [3.8, 4) is 0 Å². The van der Waals surface area contributed by atoms with Crippen LogP contribution in [0.25, 0.3) is 0 Å². The molecule has 0 saturated carbocycles. The molecule has 0 aromatic heterocycles. The number of nitrogens with one attached hydrogen (secondary N) is 1. The van der Waals surface area contributed by atoms with Crippen molar-refractivity contribution in [1.82, 2.24) is 5.32 Å². The average Bonchev–Trinajstić information content (AvgIpc) is 2.12. The van der Waals surface area contributed by atoms with E-state index in [1.54, 1.807) is 0 Å². The SMILES string of the molecule is CC(C)(C)OC(=O)NCCS.Cl.NCCS. The lowest BCUT2D eigenvalue weighted by Crippen LogP contribution is -2.33. The maximum absolute atomic E-state index is 10.9. The highest BCUT2D eigenvalue weighted by Gasteiger charge is 2.14. The zero-order valence-electron chi connectivity index (χ0n) is 10.0. The van der Waals surface area contributed by atoms with Crippen molar-refractivity contribution in [3.05, 3.63) is 0 Å². The van der Waals surface area contributed by atoms with Crippen molar-refractivity contribution in [3.63, 3.8) is 0 Å². The largest absolute Gasteiger partial charge is 0.444 e. The Balaban J connectivity index is -0.000000292. The first-order valence-corrected chi connectivity index (χ1v) is 6.02. The first-order chi connectivity index (χ1) is 6.87. The lowest BCUT2D eigenvalue weighted by Gasteiger charge is -2.19. The third-order valence-electron chi connectivity index (χ3n) is 0.909. The molecule has 7 heteroatoms. The average molecular weight is 291 g/mol. The molecular formula is C9H23ClN2O2S2. The zero-order chi connectivity index (χ0) is 12.3. The molecule has 4 nitrogen and oxygen atoms in total. The summed E-state index contributed by atoms with van der Waals surface area (Å²) in [6.07, 6.45) is -0.383. The summed E-state index contributed by atoms with van der Waals surface area (Å²) in [4.78, 5) is 10.9. The van der Waals surface area contributed by atoms with Gasteiger partial charge in [-0.25, -0.2) is 4.79 Å². The topological polar surface area (TPSA) is 64.3 Å². The number of carbonyl (C=O) groups excluding carboxylic acids is 1. The van der Waals surface area contributed by atoms with Gasteiger partial charge in [0.25, 0.3) is 0 Å². The number of alkyl carbamates (subject to hydrolysis) is 1. The van der Waals surface area contributed by atoms with Crippen molar-refractivity contribution >= 4 is 43.8 Å². The molecule has 0 fully saturated rings. The van der Waals surface area contributed by atoms with Gasteiger partial charge < -0.3 is 15.8 Å². The smallest absolute Gasteiger partial charge is 0.407 e. The highest BCUT2D eigenvalue weighted by molar-refractivity contribution is 7.80. The summed E-state index contributed by atoms with van der Waals surface area (Å²) in [6, 6.07) is 0. The van der Waals surface area contributed by atoms with Gasteiger partial charge in [-0.2, -0.15) is 25.3 Å². The van der Waals surface area contributed by atoms with Crippen LogP contribution in [0.3, 0.4) is 0 Å². The molecule has 100 valence electrons. The molecule has 3 N–H and O–H groups in total. The summed E-state index contributed by atoms with van der Waals surface area (Å²) in [5.74, 6) is 1.42. The number of nitrogens with two attached hydrogens (primary N) is 1. The maximum Gasteiger partial charge on any atom is 0.407 e. The van der Waals surface area contributed by atoms with Gasteiger partial charge in [-0.05, 0) is 20.8 Å². The van der Waals surface area contributed by atoms with Gasteiger partial charge in [-0.1, -0.05) is 0 Å². The third kappa shape index (κ3) is 23.8. The van der Waals surface area contributed by atoms with Crippen molar-refractivity contribution in [2.45, 2.75) is 26.4 Å². The lowest BCUT2D eigenvalue weighted by molar-refractivity contribution is 0.0531. The molecule has 0 saturated heterocycles. The number of rotatable bonds is 3. The molecule has 0 radical (unpaired) electrons. The number of thiol groups is 2. The van der Waals surface area contributed by atoms with Crippen LogP contribution in [0, 0.1) is 0 Å². The van der Waals surface area contributed by atoms with Crippen LogP contribution in [-0.4, -0.2) is 36.3 Å². The highest BCUT2D eigenvalue weighted by Crippen LogP contribution is 2.05. The maximum atomic E-state index is 10.9. The summed E-state index contributed by atoms with van der Waals surface area (Å²) < 4.78 is 4.96. The molecular weight excluding hydrogens is 268 g/mol. The van der Waals surface area contributed by atoms with E-state index >= 15 is 0 Å². The molecule has 0 spiro atoms. The Kier molecular flexibility index (Phi) is 17.9. The van der Waals surface area contributed by atoms with Crippen LogP contribution in [-0.2, 0) is 4.74 Å². The van der Waals surface area contributed by atoms with Gasteiger partial charge >= 0.3 is 6.09 Å². The first kappa shape index (κ1) is 21.5. The van der Waals surface area contributed by atoms with E-state index in [0.717, 1.165) is 5.75 Å². The van der Waals surface area contributed by atoms with E-state index in [9.17, 15) is 4.79 Å². The number of hydrogen-bond acceptors (Lipinski definition) is 5. The zero-order valence-corrected chi connectivity index (χ0v) is 12.6. The predicted octanol–water partition coefficient (Wildman–Crippen LogP) is 1.74. The van der Waals surface area contributed by atoms with E-state index in [1.807, 2.05) is 20.8 Å². The third-order valence-corrected chi connectivity index (χ3v) is 1.39. The number of ether oxygens (including phenoxy) is 1. The van der Waals surface area contributed by atoms with Gasteiger partial charge in [-0.3, -0.25) is 0 Å². The van der Waals surface area contributed by atoms with Gasteiger partial charge in [-0.15, -0.1) is 12.4 Å². The summed E-state index contributed by atoms with van der Waals surface area (Å²) >= 11 is 7.73. The number of amides is 1. The molecule has 0 aromatic rings. The van der Waals surface area contributed by atoms with Crippen LogP contribution in [0.5, 0.6) is 0 Å². The van der Waals surface area contributed by atoms with Gasteiger partial charge in [0.15, 0.2) is 0 Å². The Bertz CT molecular complexity index is 164. The van der Waals surface area contributed by atoms with Crippen LogP contribution in [0.15, 0.2) is 0 Å². The van der Waals surface area contributed by atoms with Crippen LogP contribution < -0.4 is 11.1 Å². The van der Waals surface area contributed by atoms with Gasteiger partial charge in [0.1, 0.15) is 5.60 Å². The molecule has 16 heavy (non-hydrogen) atoms. The standard InChI is InChI=1S/C7H15NO2S.C2H7NS.ClH/c1-7(2,3)10-6(9)8-4-5-11;3-1-2-4;/h11H,4-5H2,1-3H3,(H,8,9);4H,1-3H2;1H. The fourth-order valence-corrected chi connectivity index (χ4v) is 0.584. The van der Waals surface area contributed by atoms with Crippen molar-refractivity contribution < 1.29 is 9.53 Å². The highest BCUT2D eigenvalue weighted by atomic mass is 35.5. The summed E-state index contributed by atoms with van der Waals surface area (Å²) in [7, 11) is 0. The van der Waals surface area contributed by atoms with E-state index in [-0.39, 0.29) is 18.5 Å². The summed E-state index contributed by atoms with van der Waals surface area (Å²) in [5.41, 5.74) is 4.54. The molecule has 0 aliphatic carbocycles. The Morgan fingerprint density at radius 1 is 1.31 bits per heavy atom. The van der Waals surface area contributed by atoms with Gasteiger partial charge in [0.2, 0.25) is 0 Å². The second-order valence-electron chi connectivity index (χ2n) is 3.66. The molecule has 0 rings (SSSR count). The van der Waals surface area contributed by atoms with Gasteiger partial charge in [0, 0.05) is 24.6 Å². The molecule has 0 aliphatic rings. The van der Waals surface area contributed by atoms with Crippen molar-refractivity contribution in [1.29, 1.82) is 0 Å². The van der Waals surface area contributed by atoms with Crippen LogP contribution in [0.1, 0.15) is 20.8 Å². The molecule has 0 bridgehead atoms. The Morgan fingerprint density at radius 2 is 1.75 bits per heavy atom. The van der Waals surface area contributed by atoms with Crippen LogP contribution in [0.2, 0.25) is 0 Å². The quantitative estimate of drug-likeness (QED) is 0.599. The minimum absolute atomic E-state index is 0. The van der Waals surface area contributed by atoms with E-state index in [1.165, 1.54) is 0 Å². The van der Waals surface area contributed by atoms with Crippen LogP contribution in [0.4, 0.5) is 4.79 Å². The molecule has 1 amide bonds. The molecule has 0 atom stereocenters. The lowest BCUT2D eigenvalue weighted by atomic mass is 10.2. The first-order valence-electron chi connectivity index (χ1n) is 4.76. The van der Waals surface area contributed by atoms with Crippen molar-refractivity contribution in [2.24, 2.45) is 5.73 Å². The molecule has 0 unspecified atom stereocenters. The molecule has 0 heterocycles. The monoisotopic (exact) mass is 290 g/mol. The fraction of sp³-hybridized carbons (Fsp3) is 0.889. The van der Waals surface area contributed by atoms with E-state index in [4.69, 9.17) is 10.5 Å². The second kappa shape index (κ2) is 13.3. The summed E-state index contributed by atoms with van der Waals surface area (Å²) in [6.45, 7) is 6.70. The van der Waals surface area contributed by atoms with E-state index in [0.29, 0.717) is 18.8 Å².